The molecular formula is C15H13N3. The Hall–Kier alpha value is -2.60. The van der Waals surface area contributed by atoms with Gasteiger partial charge < -0.3 is 5.73 Å². The second kappa shape index (κ2) is 5.15. The molecule has 18 heavy (non-hydrogen) atoms. The zero-order valence-corrected chi connectivity index (χ0v) is 10.1. The van der Waals surface area contributed by atoms with E-state index in [1.54, 1.807) is 24.3 Å². The number of aryl methyl sites for hydroxylation is 1. The van der Waals surface area contributed by atoms with Crippen LogP contribution in [0.25, 0.3) is 4.85 Å². The molecule has 0 unspecified atom stereocenters. The molecule has 2 aromatic carbocycles. The van der Waals surface area contributed by atoms with Gasteiger partial charge in [0.15, 0.2) is 5.69 Å². The van der Waals surface area contributed by atoms with E-state index in [9.17, 15) is 0 Å². The summed E-state index contributed by atoms with van der Waals surface area (Å²) in [6, 6.07) is 14.9. The molecule has 3 nitrogen and oxygen atoms in total. The van der Waals surface area contributed by atoms with E-state index in [1.165, 1.54) is 5.56 Å². The predicted octanol–water partition coefficient (Wildman–Crippen LogP) is 3.58. The highest BCUT2D eigenvalue weighted by Gasteiger charge is 1.99. The second-order valence-corrected chi connectivity index (χ2v) is 3.99. The van der Waals surface area contributed by atoms with Gasteiger partial charge in [0.05, 0.1) is 12.3 Å². The predicted molar refractivity (Wildman–Crippen MR) is 74.3 cm³/mol. The first kappa shape index (κ1) is 11.9. The van der Waals surface area contributed by atoms with Crippen molar-refractivity contribution in [3.8, 4) is 0 Å². The lowest BCUT2D eigenvalue weighted by molar-refractivity contribution is 1.41. The maximum Gasteiger partial charge on any atom is 0.187 e. The third-order valence-corrected chi connectivity index (χ3v) is 2.58. The van der Waals surface area contributed by atoms with Gasteiger partial charge in [-0.25, -0.2) is 9.84 Å². The molecule has 0 aliphatic carbocycles. The molecule has 0 aromatic heterocycles. The van der Waals surface area contributed by atoms with E-state index in [-0.39, 0.29) is 0 Å². The third-order valence-electron chi connectivity index (χ3n) is 2.58. The van der Waals surface area contributed by atoms with E-state index >= 15 is 0 Å². The Morgan fingerprint density at radius 3 is 2.22 bits per heavy atom. The molecule has 0 aliphatic heterocycles. The van der Waals surface area contributed by atoms with Crippen LogP contribution in [0.15, 0.2) is 53.5 Å². The fourth-order valence-electron chi connectivity index (χ4n) is 1.53. The highest BCUT2D eigenvalue weighted by atomic mass is 14.9. The van der Waals surface area contributed by atoms with Gasteiger partial charge in [0.1, 0.15) is 5.84 Å². The molecule has 0 amide bonds. The van der Waals surface area contributed by atoms with E-state index in [2.05, 4.69) is 9.84 Å². The van der Waals surface area contributed by atoms with Gasteiger partial charge in [0, 0.05) is 5.56 Å². The fraction of sp³-hybridized carbons (Fsp3) is 0.0667. The van der Waals surface area contributed by atoms with Gasteiger partial charge in [-0.05, 0) is 19.1 Å². The molecule has 2 aromatic rings. The summed E-state index contributed by atoms with van der Waals surface area (Å²) >= 11 is 0. The van der Waals surface area contributed by atoms with Crippen molar-refractivity contribution in [1.29, 1.82) is 0 Å². The Morgan fingerprint density at radius 1 is 1.06 bits per heavy atom. The van der Waals surface area contributed by atoms with Gasteiger partial charge >= 0.3 is 0 Å². The lowest BCUT2D eigenvalue weighted by Gasteiger charge is -2.01. The van der Waals surface area contributed by atoms with Crippen molar-refractivity contribution in [3.63, 3.8) is 0 Å². The molecule has 3 heteroatoms. The van der Waals surface area contributed by atoms with Crippen LogP contribution in [0.4, 0.5) is 11.4 Å². The van der Waals surface area contributed by atoms with E-state index in [0.717, 1.165) is 11.3 Å². The number of amidine groups is 1. The van der Waals surface area contributed by atoms with Crippen LogP contribution in [0.5, 0.6) is 0 Å². The van der Waals surface area contributed by atoms with Crippen LogP contribution in [0.3, 0.4) is 0 Å². The zero-order chi connectivity index (χ0) is 13.0. The summed E-state index contributed by atoms with van der Waals surface area (Å²) in [6.45, 7) is 8.91. The second-order valence-electron chi connectivity index (χ2n) is 3.99. The minimum atomic E-state index is 0.454. The van der Waals surface area contributed by atoms with Crippen LogP contribution in [0, 0.1) is 13.5 Å². The number of rotatable bonds is 2. The summed E-state index contributed by atoms with van der Waals surface area (Å²) in [5.41, 5.74) is 9.37. The summed E-state index contributed by atoms with van der Waals surface area (Å²) in [4.78, 5) is 7.68. The Balaban J connectivity index is 2.27. The van der Waals surface area contributed by atoms with E-state index < -0.39 is 0 Å². The molecule has 0 saturated carbocycles. The van der Waals surface area contributed by atoms with Gasteiger partial charge in [-0.3, -0.25) is 0 Å². The first-order valence-corrected chi connectivity index (χ1v) is 5.58. The standard InChI is InChI=1S/C15H13N3/c1-11-3-7-14(8-4-11)18-15(16)12-5-9-13(17-2)10-6-12/h3-10H,1H3,(H2,16,18). The van der Waals surface area contributed by atoms with Gasteiger partial charge in [0.2, 0.25) is 0 Å². The van der Waals surface area contributed by atoms with Crippen molar-refractivity contribution < 1.29 is 0 Å². The number of hydrogen-bond acceptors (Lipinski definition) is 1. The SMILES string of the molecule is [C-]#[N+]c1ccc(C(N)=Nc2ccc(C)cc2)cc1. The van der Waals surface area contributed by atoms with Crippen molar-refractivity contribution in [3.05, 3.63) is 71.1 Å². The summed E-state index contributed by atoms with van der Waals surface area (Å²) in [5, 5.41) is 0. The molecular weight excluding hydrogens is 222 g/mol. The normalized spacial score (nSPS) is 11.0. The molecule has 0 spiro atoms. The van der Waals surface area contributed by atoms with Crippen LogP contribution >= 0.6 is 0 Å². The van der Waals surface area contributed by atoms with Crippen LogP contribution in [0.2, 0.25) is 0 Å². The summed E-state index contributed by atoms with van der Waals surface area (Å²) in [5.74, 6) is 0.454. The summed E-state index contributed by atoms with van der Waals surface area (Å²) in [7, 11) is 0. The number of aliphatic imine (C=N–C) groups is 1. The maximum absolute atomic E-state index is 6.88. The number of nitrogens with two attached hydrogens (primary N) is 1. The minimum Gasteiger partial charge on any atom is -0.383 e. The number of benzene rings is 2. The topological polar surface area (TPSA) is 42.7 Å². The molecule has 88 valence electrons. The van der Waals surface area contributed by atoms with E-state index in [0.29, 0.717) is 11.5 Å². The van der Waals surface area contributed by atoms with Gasteiger partial charge in [-0.2, -0.15) is 0 Å². The number of hydrogen-bond donors (Lipinski definition) is 1. The lowest BCUT2D eigenvalue weighted by Crippen LogP contribution is -2.12. The van der Waals surface area contributed by atoms with Crippen molar-refractivity contribution in [2.75, 3.05) is 0 Å². The van der Waals surface area contributed by atoms with Crippen LogP contribution in [-0.2, 0) is 0 Å². The monoisotopic (exact) mass is 235 g/mol. The van der Waals surface area contributed by atoms with Crippen molar-refractivity contribution >= 4 is 17.2 Å². The summed E-state index contributed by atoms with van der Waals surface area (Å²) in [6.07, 6.45) is 0. The quantitative estimate of drug-likeness (QED) is 0.482. The molecule has 0 fully saturated rings. The average molecular weight is 235 g/mol. The highest BCUT2D eigenvalue weighted by Crippen LogP contribution is 2.16. The van der Waals surface area contributed by atoms with E-state index in [1.807, 2.05) is 31.2 Å². The Labute approximate surface area is 106 Å². The fourth-order valence-corrected chi connectivity index (χ4v) is 1.53. The molecule has 0 atom stereocenters. The highest BCUT2D eigenvalue weighted by molar-refractivity contribution is 5.99. The molecule has 2 N–H and O–H groups in total. The summed E-state index contributed by atoms with van der Waals surface area (Å²) < 4.78 is 0. The molecule has 2 rings (SSSR count). The zero-order valence-electron chi connectivity index (χ0n) is 10.1. The lowest BCUT2D eigenvalue weighted by atomic mass is 10.2. The Bertz CT molecular complexity index is 602. The molecule has 0 saturated heterocycles. The maximum atomic E-state index is 6.88. The smallest absolute Gasteiger partial charge is 0.187 e. The molecule has 0 bridgehead atoms. The first-order chi connectivity index (χ1) is 8.69. The van der Waals surface area contributed by atoms with Crippen molar-refractivity contribution in [2.24, 2.45) is 10.7 Å². The van der Waals surface area contributed by atoms with Gasteiger partial charge in [-0.15, -0.1) is 0 Å². The van der Waals surface area contributed by atoms with Crippen LogP contribution in [0.1, 0.15) is 11.1 Å². The first-order valence-electron chi connectivity index (χ1n) is 5.58. The Kier molecular flexibility index (Phi) is 3.40. The minimum absolute atomic E-state index is 0.454. The van der Waals surface area contributed by atoms with Crippen LogP contribution < -0.4 is 5.73 Å². The molecule has 0 aliphatic rings. The van der Waals surface area contributed by atoms with Gasteiger partial charge in [0.25, 0.3) is 0 Å². The largest absolute Gasteiger partial charge is 0.383 e. The average Bonchev–Trinajstić information content (AvgIpc) is 2.41. The third kappa shape index (κ3) is 2.74. The van der Waals surface area contributed by atoms with E-state index in [4.69, 9.17) is 12.3 Å². The Morgan fingerprint density at radius 2 is 1.67 bits per heavy atom. The van der Waals surface area contributed by atoms with Gasteiger partial charge in [-0.1, -0.05) is 42.0 Å². The molecule has 0 heterocycles. The van der Waals surface area contributed by atoms with Crippen molar-refractivity contribution in [1.82, 2.24) is 0 Å². The van der Waals surface area contributed by atoms with Crippen LogP contribution in [-0.4, -0.2) is 5.84 Å². The number of nitrogens with zero attached hydrogens (tertiary/aromatic N) is 2. The molecule has 0 radical (unpaired) electrons. The van der Waals surface area contributed by atoms with Crippen molar-refractivity contribution in [2.45, 2.75) is 6.92 Å².